The number of carbonyl (C=O) groups is 1. The van der Waals surface area contributed by atoms with E-state index in [4.69, 9.17) is 11.6 Å². The Balaban J connectivity index is 1.70. The number of amides is 1. The Bertz CT molecular complexity index is 1140. The number of anilines is 2. The largest absolute Gasteiger partial charge is 0.298 e. The zero-order chi connectivity index (χ0) is 21.0. The van der Waals surface area contributed by atoms with Gasteiger partial charge in [0.2, 0.25) is 10.0 Å². The van der Waals surface area contributed by atoms with Gasteiger partial charge in [0.25, 0.3) is 5.91 Å². The van der Waals surface area contributed by atoms with Crippen molar-refractivity contribution in [3.05, 3.63) is 75.3 Å². The van der Waals surface area contributed by atoms with E-state index >= 15 is 0 Å². The standard InChI is InChI=1S/C20H20ClN3O3S2/c1-3-29(26,27)24-16-9-5-8-15(10-16)19(25)23-20-22-12-17(28-20)11-14-7-4-6-13(2)18(14)21/h4-10,12,24H,3,11H2,1-2H3,(H,22,23,25). The average Bonchev–Trinajstić information content (AvgIpc) is 3.12. The second-order valence-electron chi connectivity index (χ2n) is 6.40. The van der Waals surface area contributed by atoms with Crippen molar-refractivity contribution in [2.24, 2.45) is 0 Å². The van der Waals surface area contributed by atoms with Crippen LogP contribution in [-0.4, -0.2) is 25.1 Å². The molecule has 29 heavy (non-hydrogen) atoms. The van der Waals surface area contributed by atoms with Crippen molar-refractivity contribution in [2.45, 2.75) is 20.3 Å². The summed E-state index contributed by atoms with van der Waals surface area (Å²) in [5, 5.41) is 3.95. The van der Waals surface area contributed by atoms with Crippen LogP contribution in [0.4, 0.5) is 10.8 Å². The van der Waals surface area contributed by atoms with Crippen LogP contribution < -0.4 is 10.0 Å². The first-order valence-electron chi connectivity index (χ1n) is 8.88. The number of benzene rings is 2. The number of rotatable bonds is 7. The van der Waals surface area contributed by atoms with Crippen LogP contribution >= 0.6 is 22.9 Å². The molecule has 0 fully saturated rings. The lowest BCUT2D eigenvalue weighted by molar-refractivity contribution is 0.102. The van der Waals surface area contributed by atoms with Crippen LogP contribution in [0, 0.1) is 6.92 Å². The molecule has 0 saturated carbocycles. The molecule has 3 aromatic rings. The van der Waals surface area contributed by atoms with Crippen LogP contribution in [0.2, 0.25) is 5.02 Å². The predicted octanol–water partition coefficient (Wildman–Crippen LogP) is 4.71. The van der Waals surface area contributed by atoms with Crippen LogP contribution in [0.25, 0.3) is 0 Å². The number of halogens is 1. The summed E-state index contributed by atoms with van der Waals surface area (Å²) in [6.07, 6.45) is 2.34. The zero-order valence-corrected chi connectivity index (χ0v) is 18.3. The van der Waals surface area contributed by atoms with Gasteiger partial charge in [-0.05, 0) is 43.2 Å². The second-order valence-corrected chi connectivity index (χ2v) is 9.90. The van der Waals surface area contributed by atoms with Gasteiger partial charge in [0.05, 0.1) is 5.75 Å². The molecule has 1 amide bonds. The molecule has 0 radical (unpaired) electrons. The molecule has 9 heteroatoms. The Labute approximate surface area is 179 Å². The Morgan fingerprint density at radius 3 is 2.72 bits per heavy atom. The number of aromatic nitrogens is 1. The third kappa shape index (κ3) is 5.56. The van der Waals surface area contributed by atoms with E-state index < -0.39 is 10.0 Å². The maximum Gasteiger partial charge on any atom is 0.257 e. The summed E-state index contributed by atoms with van der Waals surface area (Å²) in [6, 6.07) is 12.2. The monoisotopic (exact) mass is 449 g/mol. The van der Waals surface area contributed by atoms with Gasteiger partial charge in [-0.2, -0.15) is 0 Å². The number of hydrogen-bond acceptors (Lipinski definition) is 5. The summed E-state index contributed by atoms with van der Waals surface area (Å²) < 4.78 is 25.9. The molecule has 0 aliphatic carbocycles. The highest BCUT2D eigenvalue weighted by Crippen LogP contribution is 2.27. The van der Waals surface area contributed by atoms with Crippen molar-refractivity contribution < 1.29 is 13.2 Å². The smallest absolute Gasteiger partial charge is 0.257 e. The fraction of sp³-hybridized carbons (Fsp3) is 0.200. The van der Waals surface area contributed by atoms with Crippen molar-refractivity contribution in [1.29, 1.82) is 0 Å². The van der Waals surface area contributed by atoms with E-state index in [1.165, 1.54) is 17.4 Å². The van der Waals surface area contributed by atoms with Crippen molar-refractivity contribution in [1.82, 2.24) is 4.98 Å². The SMILES string of the molecule is CCS(=O)(=O)Nc1cccc(C(=O)Nc2ncc(Cc3cccc(C)c3Cl)s2)c1. The van der Waals surface area contributed by atoms with Crippen LogP contribution in [-0.2, 0) is 16.4 Å². The summed E-state index contributed by atoms with van der Waals surface area (Å²) in [4.78, 5) is 17.8. The average molecular weight is 450 g/mol. The zero-order valence-electron chi connectivity index (χ0n) is 15.9. The molecule has 152 valence electrons. The maximum atomic E-state index is 12.5. The third-order valence-electron chi connectivity index (χ3n) is 4.19. The van der Waals surface area contributed by atoms with Crippen LogP contribution in [0.1, 0.15) is 33.3 Å². The number of nitrogens with zero attached hydrogens (tertiary/aromatic N) is 1. The van der Waals surface area contributed by atoms with Gasteiger partial charge in [-0.15, -0.1) is 11.3 Å². The number of sulfonamides is 1. The molecule has 3 rings (SSSR count). The van der Waals surface area contributed by atoms with Gasteiger partial charge in [-0.1, -0.05) is 35.9 Å². The second kappa shape index (κ2) is 8.94. The van der Waals surface area contributed by atoms with Crippen molar-refractivity contribution in [3.63, 3.8) is 0 Å². The maximum absolute atomic E-state index is 12.5. The van der Waals surface area contributed by atoms with Gasteiger partial charge in [0.1, 0.15) is 0 Å². The van der Waals surface area contributed by atoms with Crippen LogP contribution in [0.3, 0.4) is 0 Å². The van der Waals surface area contributed by atoms with E-state index in [9.17, 15) is 13.2 Å². The number of nitrogens with one attached hydrogen (secondary N) is 2. The molecule has 2 N–H and O–H groups in total. The van der Waals surface area contributed by atoms with Crippen molar-refractivity contribution in [2.75, 3.05) is 15.8 Å². The van der Waals surface area contributed by atoms with Gasteiger partial charge in [-0.25, -0.2) is 13.4 Å². The molecule has 0 atom stereocenters. The highest BCUT2D eigenvalue weighted by atomic mass is 35.5. The first-order chi connectivity index (χ1) is 13.8. The van der Waals surface area contributed by atoms with Crippen LogP contribution in [0.5, 0.6) is 0 Å². The highest BCUT2D eigenvalue weighted by molar-refractivity contribution is 7.92. The molecule has 0 saturated heterocycles. The minimum absolute atomic E-state index is 0.0454. The molecule has 0 aliphatic heterocycles. The Morgan fingerprint density at radius 2 is 1.97 bits per heavy atom. The lowest BCUT2D eigenvalue weighted by Crippen LogP contribution is -2.16. The Kier molecular flexibility index (Phi) is 6.56. The van der Waals surface area contributed by atoms with E-state index in [1.54, 1.807) is 31.3 Å². The van der Waals surface area contributed by atoms with E-state index in [2.05, 4.69) is 15.0 Å². The minimum Gasteiger partial charge on any atom is -0.298 e. The van der Waals surface area contributed by atoms with E-state index in [1.807, 2.05) is 25.1 Å². The van der Waals surface area contributed by atoms with Crippen molar-refractivity contribution >= 4 is 49.7 Å². The molecule has 0 unspecified atom stereocenters. The first-order valence-corrected chi connectivity index (χ1v) is 11.7. The van der Waals surface area contributed by atoms with Gasteiger partial charge >= 0.3 is 0 Å². The molecular formula is C20H20ClN3O3S2. The summed E-state index contributed by atoms with van der Waals surface area (Å²) >= 11 is 7.72. The van der Waals surface area contributed by atoms with Crippen molar-refractivity contribution in [3.8, 4) is 0 Å². The summed E-state index contributed by atoms with van der Waals surface area (Å²) in [5.74, 6) is -0.409. The fourth-order valence-electron chi connectivity index (χ4n) is 2.62. The van der Waals surface area contributed by atoms with Gasteiger partial charge in [-0.3, -0.25) is 14.8 Å². The van der Waals surface area contributed by atoms with Gasteiger partial charge in [0, 0.05) is 33.8 Å². The topological polar surface area (TPSA) is 88.2 Å². The Morgan fingerprint density at radius 1 is 1.21 bits per heavy atom. The third-order valence-corrected chi connectivity index (χ3v) is 6.95. The number of hydrogen-bond donors (Lipinski definition) is 2. The minimum atomic E-state index is -3.41. The van der Waals surface area contributed by atoms with Gasteiger partial charge in [0.15, 0.2) is 5.13 Å². The molecule has 6 nitrogen and oxygen atoms in total. The van der Waals surface area contributed by atoms with E-state index in [-0.39, 0.29) is 11.7 Å². The molecular weight excluding hydrogens is 430 g/mol. The predicted molar refractivity (Wildman–Crippen MR) is 119 cm³/mol. The van der Waals surface area contributed by atoms with Crippen LogP contribution in [0.15, 0.2) is 48.7 Å². The quantitative estimate of drug-likeness (QED) is 0.546. The number of aryl methyl sites for hydroxylation is 1. The van der Waals surface area contributed by atoms with E-state index in [0.29, 0.717) is 22.8 Å². The van der Waals surface area contributed by atoms with Gasteiger partial charge < -0.3 is 0 Å². The molecule has 1 heterocycles. The van der Waals surface area contributed by atoms with E-state index in [0.717, 1.165) is 21.0 Å². The number of carbonyl (C=O) groups excluding carboxylic acids is 1. The Hall–Kier alpha value is -2.42. The summed E-state index contributed by atoms with van der Waals surface area (Å²) in [6.45, 7) is 3.50. The summed E-state index contributed by atoms with van der Waals surface area (Å²) in [7, 11) is -3.41. The number of thiazole rings is 1. The lowest BCUT2D eigenvalue weighted by atomic mass is 10.1. The molecule has 0 bridgehead atoms. The normalized spacial score (nSPS) is 11.3. The molecule has 0 aliphatic rings. The fourth-order valence-corrected chi connectivity index (χ4v) is 4.28. The first kappa shape index (κ1) is 21.3. The molecule has 0 spiro atoms. The molecule has 1 aromatic heterocycles. The highest BCUT2D eigenvalue weighted by Gasteiger charge is 2.13. The lowest BCUT2D eigenvalue weighted by Gasteiger charge is -2.08. The summed E-state index contributed by atoms with van der Waals surface area (Å²) in [5.41, 5.74) is 2.69. The molecule has 2 aromatic carbocycles.